The van der Waals surface area contributed by atoms with Gasteiger partial charge in [0.1, 0.15) is 0 Å². The molecule has 0 spiro atoms. The molecule has 0 bridgehead atoms. The largest absolute Gasteiger partial charge is 0.493 e. The highest BCUT2D eigenvalue weighted by atomic mass is 16.5. The molecule has 0 amide bonds. The van der Waals surface area contributed by atoms with Crippen LogP contribution in [0.15, 0.2) is 24.3 Å². The monoisotopic (exact) mass is 277 g/mol. The third kappa shape index (κ3) is 3.89. The first-order valence-electron chi connectivity index (χ1n) is 7.76. The van der Waals surface area contributed by atoms with Gasteiger partial charge in [0.25, 0.3) is 0 Å². The molecule has 3 nitrogen and oxygen atoms in total. The van der Waals surface area contributed by atoms with E-state index in [4.69, 9.17) is 9.47 Å². The summed E-state index contributed by atoms with van der Waals surface area (Å²) in [7, 11) is 1.68. The fourth-order valence-corrected chi connectivity index (χ4v) is 2.84. The van der Waals surface area contributed by atoms with Crippen LogP contribution in [0, 0.1) is 5.41 Å². The van der Waals surface area contributed by atoms with Crippen molar-refractivity contribution in [3.63, 3.8) is 0 Å². The second-order valence-electron chi connectivity index (χ2n) is 5.78. The molecule has 0 aliphatic heterocycles. The molecule has 0 aromatic heterocycles. The van der Waals surface area contributed by atoms with Gasteiger partial charge in [-0.2, -0.15) is 0 Å². The van der Waals surface area contributed by atoms with Crippen LogP contribution in [0.25, 0.3) is 0 Å². The van der Waals surface area contributed by atoms with Gasteiger partial charge in [0.15, 0.2) is 11.5 Å². The predicted octanol–water partition coefficient (Wildman–Crippen LogP) is 3.63. The van der Waals surface area contributed by atoms with Crippen molar-refractivity contribution >= 4 is 0 Å². The maximum atomic E-state index is 5.91. The molecular formula is C17H27NO2. The van der Waals surface area contributed by atoms with Crippen LogP contribution in [0.5, 0.6) is 11.5 Å². The van der Waals surface area contributed by atoms with E-state index in [0.717, 1.165) is 37.6 Å². The molecule has 3 heteroatoms. The van der Waals surface area contributed by atoms with Crippen LogP contribution in [0.3, 0.4) is 0 Å². The van der Waals surface area contributed by atoms with E-state index >= 15 is 0 Å². The predicted molar refractivity (Wildman–Crippen MR) is 82.6 cm³/mol. The molecule has 1 aliphatic rings. The average molecular weight is 277 g/mol. The van der Waals surface area contributed by atoms with E-state index in [9.17, 15) is 0 Å². The Morgan fingerprint density at radius 1 is 1.20 bits per heavy atom. The Hall–Kier alpha value is -1.22. The van der Waals surface area contributed by atoms with E-state index < -0.39 is 0 Å². The summed E-state index contributed by atoms with van der Waals surface area (Å²) in [5.41, 5.74) is 0.469. The molecule has 1 aliphatic carbocycles. The van der Waals surface area contributed by atoms with Crippen LogP contribution in [0.1, 0.15) is 39.0 Å². The summed E-state index contributed by atoms with van der Waals surface area (Å²) in [6.45, 7) is 5.24. The summed E-state index contributed by atoms with van der Waals surface area (Å²) in [5, 5.41) is 3.57. The Morgan fingerprint density at radius 3 is 2.55 bits per heavy atom. The topological polar surface area (TPSA) is 30.5 Å². The maximum Gasteiger partial charge on any atom is 0.161 e. The third-order valence-corrected chi connectivity index (χ3v) is 4.30. The van der Waals surface area contributed by atoms with Gasteiger partial charge in [0.2, 0.25) is 0 Å². The van der Waals surface area contributed by atoms with Crippen molar-refractivity contribution in [2.45, 2.75) is 39.0 Å². The van der Waals surface area contributed by atoms with Gasteiger partial charge in [-0.3, -0.25) is 0 Å². The number of hydrogen-bond donors (Lipinski definition) is 1. The van der Waals surface area contributed by atoms with Gasteiger partial charge in [0, 0.05) is 6.54 Å². The number of rotatable bonds is 9. The molecule has 0 unspecified atom stereocenters. The minimum atomic E-state index is 0.469. The van der Waals surface area contributed by atoms with Crippen molar-refractivity contribution in [1.29, 1.82) is 0 Å². The SMILES string of the molecule is CCCNCC1(CCOc2ccccc2OC)CCC1. The molecule has 0 saturated heterocycles. The molecule has 1 saturated carbocycles. The molecule has 0 radical (unpaired) electrons. The average Bonchev–Trinajstić information content (AvgIpc) is 2.44. The molecule has 0 atom stereocenters. The Kier molecular flexibility index (Phi) is 5.72. The summed E-state index contributed by atoms with van der Waals surface area (Å²) in [4.78, 5) is 0. The lowest BCUT2D eigenvalue weighted by atomic mass is 9.67. The van der Waals surface area contributed by atoms with Gasteiger partial charge in [-0.25, -0.2) is 0 Å². The molecule has 20 heavy (non-hydrogen) atoms. The quantitative estimate of drug-likeness (QED) is 0.699. The van der Waals surface area contributed by atoms with Gasteiger partial charge < -0.3 is 14.8 Å². The first kappa shape index (κ1) is 15.2. The Labute approximate surface area is 122 Å². The van der Waals surface area contributed by atoms with E-state index in [1.807, 2.05) is 24.3 Å². The molecule has 0 heterocycles. The lowest BCUT2D eigenvalue weighted by Gasteiger charge is -2.42. The van der Waals surface area contributed by atoms with Crippen LogP contribution < -0.4 is 14.8 Å². The molecular weight excluding hydrogens is 250 g/mol. The number of benzene rings is 1. The summed E-state index contributed by atoms with van der Waals surface area (Å²) in [6, 6.07) is 7.87. The van der Waals surface area contributed by atoms with Crippen molar-refractivity contribution in [3.8, 4) is 11.5 Å². The van der Waals surface area contributed by atoms with Crippen molar-refractivity contribution in [1.82, 2.24) is 5.32 Å². The van der Waals surface area contributed by atoms with Crippen LogP contribution in [0.2, 0.25) is 0 Å². The second kappa shape index (κ2) is 7.53. The Bertz CT molecular complexity index is 402. The summed E-state index contributed by atoms with van der Waals surface area (Å²) in [6.07, 6.45) is 6.36. The number of methoxy groups -OCH3 is 1. The molecule has 2 rings (SSSR count). The highest BCUT2D eigenvalue weighted by Crippen LogP contribution is 2.43. The number of hydrogen-bond acceptors (Lipinski definition) is 3. The van der Waals surface area contributed by atoms with Crippen molar-refractivity contribution in [3.05, 3.63) is 24.3 Å². The summed E-state index contributed by atoms with van der Waals surface area (Å²) in [5.74, 6) is 1.67. The van der Waals surface area contributed by atoms with Gasteiger partial charge in [-0.1, -0.05) is 25.5 Å². The molecule has 1 fully saturated rings. The number of nitrogens with one attached hydrogen (secondary N) is 1. The standard InChI is InChI=1S/C17H27NO2/c1-3-12-18-14-17(9-6-10-17)11-13-20-16-8-5-4-7-15(16)19-2/h4-5,7-8,18H,3,6,9-14H2,1-2H3. The highest BCUT2D eigenvalue weighted by molar-refractivity contribution is 5.39. The van der Waals surface area contributed by atoms with Crippen molar-refractivity contribution in [2.75, 3.05) is 26.8 Å². The van der Waals surface area contributed by atoms with E-state index in [-0.39, 0.29) is 0 Å². The van der Waals surface area contributed by atoms with Crippen molar-refractivity contribution < 1.29 is 9.47 Å². The lowest BCUT2D eigenvalue weighted by molar-refractivity contribution is 0.0915. The zero-order valence-corrected chi connectivity index (χ0v) is 12.8. The minimum absolute atomic E-state index is 0.469. The first-order valence-corrected chi connectivity index (χ1v) is 7.76. The number of ether oxygens (including phenoxy) is 2. The second-order valence-corrected chi connectivity index (χ2v) is 5.78. The van der Waals surface area contributed by atoms with Crippen LogP contribution in [0.4, 0.5) is 0 Å². The molecule has 1 aromatic carbocycles. The van der Waals surface area contributed by atoms with Gasteiger partial charge in [-0.15, -0.1) is 0 Å². The van der Waals surface area contributed by atoms with Crippen LogP contribution in [-0.2, 0) is 0 Å². The fourth-order valence-electron chi connectivity index (χ4n) is 2.84. The van der Waals surface area contributed by atoms with E-state index in [0.29, 0.717) is 5.41 Å². The van der Waals surface area contributed by atoms with E-state index in [2.05, 4.69) is 12.2 Å². The maximum absolute atomic E-state index is 5.91. The van der Waals surface area contributed by atoms with Crippen LogP contribution >= 0.6 is 0 Å². The van der Waals surface area contributed by atoms with Gasteiger partial charge in [0.05, 0.1) is 13.7 Å². The Morgan fingerprint density at radius 2 is 1.95 bits per heavy atom. The fraction of sp³-hybridized carbons (Fsp3) is 0.647. The molecule has 1 N–H and O–H groups in total. The zero-order chi connectivity index (χ0) is 14.3. The lowest BCUT2D eigenvalue weighted by Crippen LogP contribution is -2.41. The molecule has 1 aromatic rings. The molecule has 112 valence electrons. The Balaban J connectivity index is 1.79. The van der Waals surface area contributed by atoms with Gasteiger partial charge >= 0.3 is 0 Å². The third-order valence-electron chi connectivity index (χ3n) is 4.30. The summed E-state index contributed by atoms with van der Waals surface area (Å²) >= 11 is 0. The first-order chi connectivity index (χ1) is 9.79. The normalized spacial score (nSPS) is 16.5. The summed E-state index contributed by atoms with van der Waals surface area (Å²) < 4.78 is 11.2. The zero-order valence-electron chi connectivity index (χ0n) is 12.8. The van der Waals surface area contributed by atoms with Crippen molar-refractivity contribution in [2.24, 2.45) is 5.41 Å². The number of para-hydroxylation sites is 2. The van der Waals surface area contributed by atoms with E-state index in [1.165, 1.54) is 25.7 Å². The van der Waals surface area contributed by atoms with Gasteiger partial charge in [-0.05, 0) is 49.8 Å². The smallest absolute Gasteiger partial charge is 0.161 e. The highest BCUT2D eigenvalue weighted by Gasteiger charge is 2.36. The van der Waals surface area contributed by atoms with E-state index in [1.54, 1.807) is 7.11 Å². The minimum Gasteiger partial charge on any atom is -0.493 e. The van der Waals surface area contributed by atoms with Crippen LogP contribution in [-0.4, -0.2) is 26.8 Å².